The van der Waals surface area contributed by atoms with Crippen molar-refractivity contribution < 1.29 is 9.59 Å². The molecule has 0 bridgehead atoms. The molecule has 1 fully saturated rings. The van der Waals surface area contributed by atoms with Crippen molar-refractivity contribution in [1.82, 2.24) is 14.7 Å². The number of thiophene rings is 1. The summed E-state index contributed by atoms with van der Waals surface area (Å²) in [5, 5.41) is 5.97. The van der Waals surface area contributed by atoms with Crippen LogP contribution in [-0.2, 0) is 6.54 Å². The Morgan fingerprint density at radius 3 is 2.91 bits per heavy atom. The fourth-order valence-electron chi connectivity index (χ4n) is 2.96. The first-order valence-electron chi connectivity index (χ1n) is 7.73. The van der Waals surface area contributed by atoms with Gasteiger partial charge in [-0.3, -0.25) is 14.3 Å². The van der Waals surface area contributed by atoms with Gasteiger partial charge in [-0.1, -0.05) is 0 Å². The summed E-state index contributed by atoms with van der Waals surface area (Å²) in [7, 11) is 0. The number of hydrogen-bond acceptors (Lipinski definition) is 4. The summed E-state index contributed by atoms with van der Waals surface area (Å²) < 4.78 is 1.90. The van der Waals surface area contributed by atoms with Crippen LogP contribution in [0.2, 0.25) is 0 Å². The smallest absolute Gasteiger partial charge is 0.264 e. The summed E-state index contributed by atoms with van der Waals surface area (Å²) in [5.41, 5.74) is 6.78. The summed E-state index contributed by atoms with van der Waals surface area (Å²) in [6.07, 6.45) is 6.92. The number of carbonyl (C=O) groups is 2. The van der Waals surface area contributed by atoms with Crippen LogP contribution >= 0.6 is 11.3 Å². The van der Waals surface area contributed by atoms with Crippen LogP contribution in [0, 0.1) is 6.92 Å². The van der Waals surface area contributed by atoms with Gasteiger partial charge in [0, 0.05) is 18.1 Å². The number of piperidine rings is 1. The molecule has 2 N–H and O–H groups in total. The normalized spacial score (nSPS) is 18.1. The van der Waals surface area contributed by atoms with Gasteiger partial charge in [-0.2, -0.15) is 5.10 Å². The molecule has 1 saturated heterocycles. The lowest BCUT2D eigenvalue weighted by Crippen LogP contribution is -2.45. The van der Waals surface area contributed by atoms with Gasteiger partial charge in [-0.05, 0) is 37.8 Å². The van der Waals surface area contributed by atoms with Gasteiger partial charge in [0.25, 0.3) is 5.91 Å². The van der Waals surface area contributed by atoms with E-state index in [1.54, 1.807) is 11.4 Å². The van der Waals surface area contributed by atoms with E-state index in [0.29, 0.717) is 17.0 Å². The first-order valence-corrected chi connectivity index (χ1v) is 8.61. The molecular weight excluding hydrogens is 312 g/mol. The number of rotatable bonds is 4. The molecule has 3 heterocycles. The van der Waals surface area contributed by atoms with Crippen molar-refractivity contribution in [2.75, 3.05) is 6.54 Å². The van der Waals surface area contributed by atoms with Crippen LogP contribution in [0.4, 0.5) is 0 Å². The van der Waals surface area contributed by atoms with Crippen LogP contribution < -0.4 is 5.73 Å². The van der Waals surface area contributed by atoms with Crippen molar-refractivity contribution in [3.63, 3.8) is 0 Å². The molecule has 122 valence electrons. The molecule has 0 radical (unpaired) electrons. The zero-order valence-electron chi connectivity index (χ0n) is 13.1. The number of amides is 2. The van der Waals surface area contributed by atoms with Crippen LogP contribution in [0.25, 0.3) is 0 Å². The van der Waals surface area contributed by atoms with Crippen LogP contribution in [0.5, 0.6) is 0 Å². The van der Waals surface area contributed by atoms with Gasteiger partial charge in [0.05, 0.1) is 29.2 Å². The Balaban J connectivity index is 1.76. The van der Waals surface area contributed by atoms with E-state index in [-0.39, 0.29) is 11.9 Å². The number of aryl methyl sites for hydroxylation is 1. The van der Waals surface area contributed by atoms with Gasteiger partial charge in [0.1, 0.15) is 0 Å². The average molecular weight is 332 g/mol. The van der Waals surface area contributed by atoms with Gasteiger partial charge in [0.2, 0.25) is 5.91 Å². The summed E-state index contributed by atoms with van der Waals surface area (Å²) in [4.78, 5) is 26.5. The van der Waals surface area contributed by atoms with Gasteiger partial charge >= 0.3 is 0 Å². The van der Waals surface area contributed by atoms with Crippen molar-refractivity contribution in [2.24, 2.45) is 5.73 Å². The molecule has 1 aliphatic heterocycles. The fraction of sp³-hybridized carbons (Fsp3) is 0.438. The predicted octanol–water partition coefficient (Wildman–Crippen LogP) is 2.05. The van der Waals surface area contributed by atoms with Gasteiger partial charge in [0.15, 0.2) is 0 Å². The Morgan fingerprint density at radius 1 is 1.43 bits per heavy atom. The number of primary amides is 1. The van der Waals surface area contributed by atoms with E-state index in [2.05, 4.69) is 5.10 Å². The van der Waals surface area contributed by atoms with E-state index in [1.807, 2.05) is 28.9 Å². The molecule has 7 heteroatoms. The Kier molecular flexibility index (Phi) is 4.47. The van der Waals surface area contributed by atoms with E-state index in [4.69, 9.17) is 5.73 Å². The van der Waals surface area contributed by atoms with Crippen molar-refractivity contribution in [3.05, 3.63) is 39.8 Å². The number of hydrogen-bond donors (Lipinski definition) is 1. The van der Waals surface area contributed by atoms with Crippen molar-refractivity contribution in [1.29, 1.82) is 0 Å². The molecule has 23 heavy (non-hydrogen) atoms. The second-order valence-electron chi connectivity index (χ2n) is 5.95. The van der Waals surface area contributed by atoms with Crippen LogP contribution in [0.3, 0.4) is 0 Å². The molecule has 2 amide bonds. The minimum absolute atomic E-state index is 0.0175. The maximum absolute atomic E-state index is 12.8. The zero-order valence-corrected chi connectivity index (χ0v) is 13.9. The third-order valence-electron chi connectivity index (χ3n) is 4.14. The second-order valence-corrected chi connectivity index (χ2v) is 6.86. The highest BCUT2D eigenvalue weighted by Gasteiger charge is 2.29. The molecule has 2 aromatic rings. The monoisotopic (exact) mass is 332 g/mol. The van der Waals surface area contributed by atoms with Crippen molar-refractivity contribution in [3.8, 4) is 0 Å². The van der Waals surface area contributed by atoms with Crippen LogP contribution in [-0.4, -0.2) is 39.1 Å². The highest BCUT2D eigenvalue weighted by atomic mass is 32.1. The molecule has 0 aliphatic carbocycles. The minimum atomic E-state index is -0.498. The van der Waals surface area contributed by atoms with Gasteiger partial charge < -0.3 is 10.6 Å². The number of nitrogens with two attached hydrogens (primary N) is 1. The van der Waals surface area contributed by atoms with Crippen molar-refractivity contribution in [2.45, 2.75) is 38.8 Å². The third-order valence-corrected chi connectivity index (χ3v) is 5.06. The molecule has 1 aliphatic rings. The van der Waals surface area contributed by atoms with E-state index < -0.39 is 5.91 Å². The van der Waals surface area contributed by atoms with Crippen LogP contribution in [0.1, 0.15) is 44.9 Å². The minimum Gasteiger partial charge on any atom is -0.366 e. The SMILES string of the molecule is Cc1cnn(CC2CCCCN2C(=O)c2cc(C(N)=O)cs2)c1. The molecule has 0 saturated carbocycles. The highest BCUT2D eigenvalue weighted by molar-refractivity contribution is 7.12. The summed E-state index contributed by atoms with van der Waals surface area (Å²) in [6, 6.07) is 1.73. The third kappa shape index (κ3) is 3.44. The molecule has 1 atom stereocenters. The van der Waals surface area contributed by atoms with Crippen LogP contribution in [0.15, 0.2) is 23.8 Å². The molecule has 3 rings (SSSR count). The molecule has 0 spiro atoms. The molecule has 1 unspecified atom stereocenters. The lowest BCUT2D eigenvalue weighted by Gasteiger charge is -2.35. The molecule has 0 aromatic carbocycles. The maximum atomic E-state index is 12.8. The quantitative estimate of drug-likeness (QED) is 0.930. The summed E-state index contributed by atoms with van der Waals surface area (Å²) in [5.74, 6) is -0.515. The number of likely N-dealkylation sites (tertiary alicyclic amines) is 1. The number of aromatic nitrogens is 2. The zero-order chi connectivity index (χ0) is 16.4. The first kappa shape index (κ1) is 15.7. The fourth-order valence-corrected chi connectivity index (χ4v) is 3.81. The van der Waals surface area contributed by atoms with Gasteiger partial charge in [-0.15, -0.1) is 11.3 Å². The van der Waals surface area contributed by atoms with Crippen molar-refractivity contribution >= 4 is 23.2 Å². The number of nitrogens with zero attached hydrogens (tertiary/aromatic N) is 3. The summed E-state index contributed by atoms with van der Waals surface area (Å²) >= 11 is 1.28. The summed E-state index contributed by atoms with van der Waals surface area (Å²) in [6.45, 7) is 3.45. The predicted molar refractivity (Wildman–Crippen MR) is 88.5 cm³/mol. The van der Waals surface area contributed by atoms with E-state index in [9.17, 15) is 9.59 Å². The lowest BCUT2D eigenvalue weighted by molar-refractivity contribution is 0.0589. The largest absolute Gasteiger partial charge is 0.366 e. The molecule has 2 aromatic heterocycles. The maximum Gasteiger partial charge on any atom is 0.264 e. The average Bonchev–Trinajstić information content (AvgIpc) is 3.16. The Bertz CT molecular complexity index is 721. The Labute approximate surface area is 138 Å². The Morgan fingerprint density at radius 2 is 2.26 bits per heavy atom. The van der Waals surface area contributed by atoms with E-state index in [1.165, 1.54) is 11.3 Å². The van der Waals surface area contributed by atoms with Gasteiger partial charge in [-0.25, -0.2) is 0 Å². The second kappa shape index (κ2) is 6.54. The highest BCUT2D eigenvalue weighted by Crippen LogP contribution is 2.24. The van der Waals surface area contributed by atoms with E-state index in [0.717, 1.165) is 31.4 Å². The molecular formula is C16H20N4O2S. The standard InChI is InChI=1S/C16H20N4O2S/c1-11-7-18-19(8-11)9-13-4-2-3-5-20(13)16(22)14-6-12(10-23-14)15(17)21/h6-8,10,13H,2-5,9H2,1H3,(H2,17,21). The topological polar surface area (TPSA) is 81.2 Å². The Hall–Kier alpha value is -2.15. The van der Waals surface area contributed by atoms with E-state index >= 15 is 0 Å². The first-order chi connectivity index (χ1) is 11.0. The molecule has 6 nitrogen and oxygen atoms in total. The lowest BCUT2D eigenvalue weighted by atomic mass is 10.0. The number of carbonyl (C=O) groups excluding carboxylic acids is 2.